The number of amides is 1. The Bertz CT molecular complexity index is 228. The molecule has 1 rings (SSSR count). The summed E-state index contributed by atoms with van der Waals surface area (Å²) >= 11 is 0. The van der Waals surface area contributed by atoms with Gasteiger partial charge in [0.25, 0.3) is 0 Å². The zero-order chi connectivity index (χ0) is 11.3. The van der Waals surface area contributed by atoms with Crippen molar-refractivity contribution in [3.05, 3.63) is 12.7 Å². The van der Waals surface area contributed by atoms with Crippen molar-refractivity contribution in [1.82, 2.24) is 5.32 Å². The van der Waals surface area contributed by atoms with Gasteiger partial charge >= 0.3 is 0 Å². The van der Waals surface area contributed by atoms with Gasteiger partial charge in [0.2, 0.25) is 5.91 Å². The highest BCUT2D eigenvalue weighted by atomic mass is 16.7. The second kappa shape index (κ2) is 5.28. The summed E-state index contributed by atoms with van der Waals surface area (Å²) in [6.45, 7) is 9.52. The van der Waals surface area contributed by atoms with Crippen LogP contribution in [-0.4, -0.2) is 32.0 Å². The van der Waals surface area contributed by atoms with E-state index in [0.29, 0.717) is 26.2 Å². The third-order valence-electron chi connectivity index (χ3n) is 2.18. The Morgan fingerprint density at radius 1 is 1.53 bits per heavy atom. The third-order valence-corrected chi connectivity index (χ3v) is 2.18. The molecule has 0 aliphatic carbocycles. The van der Waals surface area contributed by atoms with Gasteiger partial charge in [0.05, 0.1) is 13.2 Å². The summed E-state index contributed by atoms with van der Waals surface area (Å²) in [7, 11) is 0. The van der Waals surface area contributed by atoms with Crippen LogP contribution in [0.2, 0.25) is 0 Å². The second-order valence-corrected chi connectivity index (χ2v) is 4.50. The minimum Gasteiger partial charge on any atom is -0.352 e. The zero-order valence-corrected chi connectivity index (χ0v) is 9.41. The fraction of sp³-hybridized carbons (Fsp3) is 0.727. The average molecular weight is 213 g/mol. The summed E-state index contributed by atoms with van der Waals surface area (Å²) in [6, 6.07) is 0. The molecule has 1 saturated heterocycles. The fourth-order valence-electron chi connectivity index (χ4n) is 1.28. The Morgan fingerprint density at radius 3 is 2.67 bits per heavy atom. The molecule has 0 bridgehead atoms. The van der Waals surface area contributed by atoms with E-state index in [1.54, 1.807) is 0 Å². The molecule has 0 aromatic rings. The molecule has 0 atom stereocenters. The summed E-state index contributed by atoms with van der Waals surface area (Å²) in [5.74, 6) is -0.161. The smallest absolute Gasteiger partial charge is 0.243 e. The molecule has 1 N–H and O–H groups in total. The van der Waals surface area contributed by atoms with Gasteiger partial charge in [-0.2, -0.15) is 0 Å². The van der Waals surface area contributed by atoms with E-state index < -0.39 is 0 Å². The fourth-order valence-corrected chi connectivity index (χ4v) is 1.28. The van der Waals surface area contributed by atoms with Crippen LogP contribution in [0.4, 0.5) is 0 Å². The van der Waals surface area contributed by atoms with Crippen LogP contribution in [0.25, 0.3) is 0 Å². The number of hydrogen-bond donors (Lipinski definition) is 1. The van der Waals surface area contributed by atoms with Crippen LogP contribution in [0, 0.1) is 5.41 Å². The maximum Gasteiger partial charge on any atom is 0.243 e. The van der Waals surface area contributed by atoms with Crippen molar-refractivity contribution in [2.75, 3.05) is 19.8 Å². The molecule has 0 saturated carbocycles. The molecule has 0 radical (unpaired) electrons. The molecule has 0 aromatic heterocycles. The van der Waals surface area contributed by atoms with E-state index in [2.05, 4.69) is 25.7 Å². The molecular formula is C11H19NO3. The van der Waals surface area contributed by atoms with Crippen LogP contribution in [0.1, 0.15) is 20.3 Å². The maximum absolute atomic E-state index is 10.8. The Hall–Kier alpha value is -0.870. The van der Waals surface area contributed by atoms with Crippen LogP contribution in [0.15, 0.2) is 12.7 Å². The third kappa shape index (κ3) is 4.44. The number of hydrogen-bond acceptors (Lipinski definition) is 3. The number of rotatable bonds is 4. The molecule has 86 valence electrons. The van der Waals surface area contributed by atoms with Crippen molar-refractivity contribution in [2.24, 2.45) is 5.41 Å². The van der Waals surface area contributed by atoms with Gasteiger partial charge in [-0.1, -0.05) is 20.4 Å². The first kappa shape index (κ1) is 12.2. The monoisotopic (exact) mass is 213 g/mol. The van der Waals surface area contributed by atoms with Gasteiger partial charge in [-0.05, 0) is 6.08 Å². The molecule has 15 heavy (non-hydrogen) atoms. The second-order valence-electron chi connectivity index (χ2n) is 4.50. The lowest BCUT2D eigenvalue weighted by Gasteiger charge is -2.34. The SMILES string of the molecule is C=CC(=O)NCCC1OCC(C)(C)CO1. The topological polar surface area (TPSA) is 47.6 Å². The van der Waals surface area contributed by atoms with Crippen molar-refractivity contribution < 1.29 is 14.3 Å². The van der Waals surface area contributed by atoms with E-state index in [4.69, 9.17) is 9.47 Å². The van der Waals surface area contributed by atoms with Crippen molar-refractivity contribution in [3.8, 4) is 0 Å². The summed E-state index contributed by atoms with van der Waals surface area (Å²) in [4.78, 5) is 10.8. The molecule has 4 nitrogen and oxygen atoms in total. The van der Waals surface area contributed by atoms with Crippen LogP contribution < -0.4 is 5.32 Å². The lowest BCUT2D eigenvalue weighted by Crippen LogP contribution is -2.39. The standard InChI is InChI=1S/C11H19NO3/c1-4-9(13)12-6-5-10-14-7-11(2,3)8-15-10/h4,10H,1,5-8H2,2-3H3,(H,12,13). The lowest BCUT2D eigenvalue weighted by atomic mass is 9.95. The van der Waals surface area contributed by atoms with Gasteiger partial charge in [0, 0.05) is 18.4 Å². The molecule has 4 heteroatoms. The van der Waals surface area contributed by atoms with Gasteiger partial charge in [0.1, 0.15) is 0 Å². The molecule has 1 heterocycles. The molecule has 0 spiro atoms. The number of nitrogens with one attached hydrogen (secondary N) is 1. The Morgan fingerprint density at radius 2 is 2.13 bits per heavy atom. The normalized spacial score (nSPS) is 20.9. The summed E-state index contributed by atoms with van der Waals surface area (Å²) < 4.78 is 11.0. The van der Waals surface area contributed by atoms with Crippen molar-refractivity contribution >= 4 is 5.91 Å². The first-order valence-electron chi connectivity index (χ1n) is 5.17. The summed E-state index contributed by atoms with van der Waals surface area (Å²) in [5, 5.41) is 2.68. The summed E-state index contributed by atoms with van der Waals surface area (Å²) in [5.41, 5.74) is 0.0981. The summed E-state index contributed by atoms with van der Waals surface area (Å²) in [6.07, 6.45) is 1.74. The van der Waals surface area contributed by atoms with Gasteiger partial charge < -0.3 is 14.8 Å². The molecule has 1 amide bonds. The van der Waals surface area contributed by atoms with Crippen LogP contribution >= 0.6 is 0 Å². The molecule has 1 fully saturated rings. The predicted octanol–water partition coefficient (Wildman–Crippen LogP) is 1.08. The lowest BCUT2D eigenvalue weighted by molar-refractivity contribution is -0.223. The van der Waals surface area contributed by atoms with E-state index >= 15 is 0 Å². The molecule has 1 aliphatic rings. The zero-order valence-electron chi connectivity index (χ0n) is 9.41. The first-order chi connectivity index (χ1) is 7.03. The molecule has 0 aromatic carbocycles. The number of carbonyl (C=O) groups excluding carboxylic acids is 1. The van der Waals surface area contributed by atoms with Gasteiger partial charge in [-0.25, -0.2) is 0 Å². The number of carbonyl (C=O) groups is 1. The quantitative estimate of drug-likeness (QED) is 0.711. The van der Waals surface area contributed by atoms with Crippen molar-refractivity contribution in [3.63, 3.8) is 0 Å². The minimum absolute atomic E-state index is 0.0981. The average Bonchev–Trinajstić information content (AvgIpc) is 2.20. The van der Waals surface area contributed by atoms with Gasteiger partial charge in [-0.15, -0.1) is 0 Å². The molecular weight excluding hydrogens is 194 g/mol. The highest BCUT2D eigenvalue weighted by Crippen LogP contribution is 2.23. The predicted molar refractivity (Wildman–Crippen MR) is 57.3 cm³/mol. The first-order valence-corrected chi connectivity index (χ1v) is 5.17. The van der Waals surface area contributed by atoms with E-state index in [9.17, 15) is 4.79 Å². The highest BCUT2D eigenvalue weighted by Gasteiger charge is 2.27. The maximum atomic E-state index is 10.8. The number of ether oxygens (including phenoxy) is 2. The van der Waals surface area contributed by atoms with Crippen LogP contribution in [0.5, 0.6) is 0 Å². The van der Waals surface area contributed by atoms with Crippen molar-refractivity contribution in [2.45, 2.75) is 26.6 Å². The minimum atomic E-state index is -0.192. The Labute approximate surface area is 90.6 Å². The van der Waals surface area contributed by atoms with Crippen molar-refractivity contribution in [1.29, 1.82) is 0 Å². The Kier molecular flexibility index (Phi) is 4.29. The van der Waals surface area contributed by atoms with Gasteiger partial charge in [-0.3, -0.25) is 4.79 Å². The highest BCUT2D eigenvalue weighted by molar-refractivity contribution is 5.86. The van der Waals surface area contributed by atoms with E-state index in [1.807, 2.05) is 0 Å². The largest absolute Gasteiger partial charge is 0.352 e. The Balaban J connectivity index is 2.14. The van der Waals surface area contributed by atoms with Gasteiger partial charge in [0.15, 0.2) is 6.29 Å². The molecule has 0 unspecified atom stereocenters. The van der Waals surface area contributed by atoms with E-state index in [0.717, 1.165) is 0 Å². The van der Waals surface area contributed by atoms with E-state index in [-0.39, 0.29) is 17.6 Å². The van der Waals surface area contributed by atoms with E-state index in [1.165, 1.54) is 6.08 Å². The van der Waals surface area contributed by atoms with Crippen LogP contribution in [0.3, 0.4) is 0 Å². The molecule has 1 aliphatic heterocycles. The van der Waals surface area contributed by atoms with Crippen LogP contribution in [-0.2, 0) is 14.3 Å².